The van der Waals surface area contributed by atoms with Crippen molar-refractivity contribution in [1.82, 2.24) is 10.2 Å². The second-order valence-electron chi connectivity index (χ2n) is 5.02. The lowest BCUT2D eigenvalue weighted by Gasteiger charge is -2.32. The molecule has 1 atom stereocenters. The van der Waals surface area contributed by atoms with Crippen LogP contribution in [-0.4, -0.2) is 42.1 Å². The summed E-state index contributed by atoms with van der Waals surface area (Å²) in [5.41, 5.74) is 0.272. The van der Waals surface area contributed by atoms with Gasteiger partial charge in [0.15, 0.2) is 0 Å². The van der Waals surface area contributed by atoms with Gasteiger partial charge in [0.05, 0.1) is 4.92 Å². The standard InChI is InChI=1S/C13H17F2N3O3/c1-9-7-17(5-4-16-9)8-10-6-11(18(19)20)2-3-12(10)21-13(14)15/h2-3,6,9,13,16H,4-5,7-8H2,1H3/t9-/m1/s1. The van der Waals surface area contributed by atoms with Crippen molar-refractivity contribution in [1.29, 1.82) is 0 Å². The normalized spacial score (nSPS) is 19.7. The zero-order valence-electron chi connectivity index (χ0n) is 11.6. The predicted octanol–water partition coefficient (Wildman–Crippen LogP) is 1.99. The summed E-state index contributed by atoms with van der Waals surface area (Å²) in [6.07, 6.45) is 0. The summed E-state index contributed by atoms with van der Waals surface area (Å²) in [5, 5.41) is 14.1. The van der Waals surface area contributed by atoms with Crippen LogP contribution in [0.25, 0.3) is 0 Å². The van der Waals surface area contributed by atoms with Crippen LogP contribution in [0.1, 0.15) is 12.5 Å². The summed E-state index contributed by atoms with van der Waals surface area (Å²) in [6, 6.07) is 3.98. The summed E-state index contributed by atoms with van der Waals surface area (Å²) >= 11 is 0. The molecule has 0 aliphatic carbocycles. The number of nitro groups is 1. The van der Waals surface area contributed by atoms with E-state index in [9.17, 15) is 18.9 Å². The molecule has 1 aliphatic rings. The number of nitro benzene ring substituents is 1. The molecular weight excluding hydrogens is 284 g/mol. The van der Waals surface area contributed by atoms with Gasteiger partial charge in [-0.1, -0.05) is 0 Å². The van der Waals surface area contributed by atoms with Crippen LogP contribution >= 0.6 is 0 Å². The molecule has 0 aromatic heterocycles. The molecule has 1 saturated heterocycles. The molecule has 1 aromatic carbocycles. The van der Waals surface area contributed by atoms with Crippen LogP contribution < -0.4 is 10.1 Å². The number of hydrogen-bond acceptors (Lipinski definition) is 5. The zero-order chi connectivity index (χ0) is 15.4. The number of halogens is 2. The highest BCUT2D eigenvalue weighted by atomic mass is 19.3. The molecule has 1 aromatic rings. The Balaban J connectivity index is 2.20. The van der Waals surface area contributed by atoms with E-state index in [4.69, 9.17) is 0 Å². The van der Waals surface area contributed by atoms with Gasteiger partial charge in [-0.2, -0.15) is 8.78 Å². The largest absolute Gasteiger partial charge is 0.434 e. The van der Waals surface area contributed by atoms with E-state index in [1.165, 1.54) is 18.2 Å². The van der Waals surface area contributed by atoms with Gasteiger partial charge in [-0.3, -0.25) is 15.0 Å². The van der Waals surface area contributed by atoms with Crippen molar-refractivity contribution in [2.45, 2.75) is 26.1 Å². The monoisotopic (exact) mass is 301 g/mol. The smallest absolute Gasteiger partial charge is 0.387 e. The van der Waals surface area contributed by atoms with Gasteiger partial charge < -0.3 is 10.1 Å². The Morgan fingerprint density at radius 3 is 2.95 bits per heavy atom. The molecule has 0 amide bonds. The average Bonchev–Trinajstić information content (AvgIpc) is 2.40. The molecule has 0 bridgehead atoms. The molecular formula is C13H17F2N3O3. The average molecular weight is 301 g/mol. The van der Waals surface area contributed by atoms with Crippen LogP contribution in [0.2, 0.25) is 0 Å². The van der Waals surface area contributed by atoms with Crippen molar-refractivity contribution in [3.05, 3.63) is 33.9 Å². The van der Waals surface area contributed by atoms with E-state index in [1.807, 2.05) is 6.92 Å². The third-order valence-corrected chi connectivity index (χ3v) is 3.32. The van der Waals surface area contributed by atoms with E-state index in [-0.39, 0.29) is 17.5 Å². The highest BCUT2D eigenvalue weighted by Gasteiger charge is 2.20. The van der Waals surface area contributed by atoms with E-state index in [0.29, 0.717) is 12.1 Å². The molecule has 1 fully saturated rings. The second-order valence-corrected chi connectivity index (χ2v) is 5.02. The van der Waals surface area contributed by atoms with Gasteiger partial charge in [0.1, 0.15) is 5.75 Å². The second kappa shape index (κ2) is 6.77. The fourth-order valence-electron chi connectivity index (χ4n) is 2.41. The maximum Gasteiger partial charge on any atom is 0.387 e. The van der Waals surface area contributed by atoms with E-state index < -0.39 is 11.5 Å². The Labute approximate surface area is 120 Å². The predicted molar refractivity (Wildman–Crippen MR) is 72.5 cm³/mol. The highest BCUT2D eigenvalue weighted by molar-refractivity contribution is 5.43. The Morgan fingerprint density at radius 1 is 1.57 bits per heavy atom. The SMILES string of the molecule is C[C@@H]1CN(Cc2cc([N+](=O)[O-])ccc2OC(F)F)CCN1. The van der Waals surface area contributed by atoms with Gasteiger partial charge in [0, 0.05) is 49.9 Å². The molecule has 2 rings (SSSR count). The fraction of sp³-hybridized carbons (Fsp3) is 0.538. The number of benzene rings is 1. The van der Waals surface area contributed by atoms with Crippen LogP contribution in [0.5, 0.6) is 5.75 Å². The van der Waals surface area contributed by atoms with Gasteiger partial charge in [-0.05, 0) is 13.0 Å². The van der Waals surface area contributed by atoms with Crippen molar-refractivity contribution in [2.75, 3.05) is 19.6 Å². The Hall–Kier alpha value is -1.80. The zero-order valence-corrected chi connectivity index (χ0v) is 11.6. The lowest BCUT2D eigenvalue weighted by molar-refractivity contribution is -0.385. The first kappa shape index (κ1) is 15.6. The first-order chi connectivity index (χ1) is 9.95. The molecule has 8 heteroatoms. The van der Waals surface area contributed by atoms with Crippen LogP contribution in [0.15, 0.2) is 18.2 Å². The molecule has 116 valence electrons. The number of piperazine rings is 1. The number of ether oxygens (including phenoxy) is 1. The summed E-state index contributed by atoms with van der Waals surface area (Å²) in [4.78, 5) is 12.3. The topological polar surface area (TPSA) is 67.6 Å². The third-order valence-electron chi connectivity index (χ3n) is 3.32. The fourth-order valence-corrected chi connectivity index (χ4v) is 2.41. The Kier molecular flexibility index (Phi) is 5.03. The van der Waals surface area contributed by atoms with Crippen LogP contribution in [0.4, 0.5) is 14.5 Å². The van der Waals surface area contributed by atoms with E-state index in [1.54, 1.807) is 0 Å². The van der Waals surface area contributed by atoms with Gasteiger partial charge in [-0.25, -0.2) is 0 Å². The van der Waals surface area contributed by atoms with Crippen molar-refractivity contribution >= 4 is 5.69 Å². The number of alkyl halides is 2. The minimum atomic E-state index is -2.95. The molecule has 6 nitrogen and oxygen atoms in total. The number of rotatable bonds is 5. The highest BCUT2D eigenvalue weighted by Crippen LogP contribution is 2.27. The van der Waals surface area contributed by atoms with Crippen molar-refractivity contribution in [2.24, 2.45) is 0 Å². The molecule has 0 saturated carbocycles. The summed E-state index contributed by atoms with van der Waals surface area (Å²) in [5.74, 6) is -0.0122. The minimum absolute atomic E-state index is 0.0122. The van der Waals surface area contributed by atoms with Gasteiger partial charge in [0.25, 0.3) is 5.69 Å². The third kappa shape index (κ3) is 4.33. The maximum atomic E-state index is 12.4. The van der Waals surface area contributed by atoms with E-state index in [0.717, 1.165) is 19.6 Å². The molecule has 0 spiro atoms. The molecule has 21 heavy (non-hydrogen) atoms. The van der Waals surface area contributed by atoms with Gasteiger partial charge in [-0.15, -0.1) is 0 Å². The number of nitrogens with zero attached hydrogens (tertiary/aromatic N) is 2. The number of nitrogens with one attached hydrogen (secondary N) is 1. The summed E-state index contributed by atoms with van der Waals surface area (Å²) in [6.45, 7) is 1.71. The quantitative estimate of drug-likeness (QED) is 0.665. The molecule has 0 unspecified atom stereocenters. The van der Waals surface area contributed by atoms with Crippen LogP contribution in [0, 0.1) is 10.1 Å². The Morgan fingerprint density at radius 2 is 2.33 bits per heavy atom. The van der Waals surface area contributed by atoms with Gasteiger partial charge >= 0.3 is 6.61 Å². The Bertz CT molecular complexity index is 513. The molecule has 0 radical (unpaired) electrons. The molecule has 1 N–H and O–H groups in total. The molecule has 1 aliphatic heterocycles. The minimum Gasteiger partial charge on any atom is -0.434 e. The number of non-ortho nitro benzene ring substituents is 1. The maximum absolute atomic E-state index is 12.4. The van der Waals surface area contributed by atoms with Crippen molar-refractivity contribution in [3.63, 3.8) is 0 Å². The van der Waals surface area contributed by atoms with Crippen molar-refractivity contribution in [3.8, 4) is 5.75 Å². The lowest BCUT2D eigenvalue weighted by atomic mass is 10.1. The number of hydrogen-bond donors (Lipinski definition) is 1. The van der Waals surface area contributed by atoms with Crippen LogP contribution in [-0.2, 0) is 6.54 Å². The summed E-state index contributed by atoms with van der Waals surface area (Å²) < 4.78 is 29.3. The summed E-state index contributed by atoms with van der Waals surface area (Å²) in [7, 11) is 0. The van der Waals surface area contributed by atoms with E-state index >= 15 is 0 Å². The first-order valence-corrected chi connectivity index (χ1v) is 6.63. The molecule has 1 heterocycles. The van der Waals surface area contributed by atoms with Crippen molar-refractivity contribution < 1.29 is 18.4 Å². The lowest BCUT2D eigenvalue weighted by Crippen LogP contribution is -2.48. The van der Waals surface area contributed by atoms with Gasteiger partial charge in [0.2, 0.25) is 0 Å². The first-order valence-electron chi connectivity index (χ1n) is 6.63. The van der Waals surface area contributed by atoms with Crippen LogP contribution in [0.3, 0.4) is 0 Å². The van der Waals surface area contributed by atoms with E-state index in [2.05, 4.69) is 15.0 Å².